The Labute approximate surface area is 120 Å². The zero-order chi connectivity index (χ0) is 14.4. The number of nitrogens with one attached hydrogen (secondary N) is 1. The highest BCUT2D eigenvalue weighted by atomic mass is 16.5. The van der Waals surface area contributed by atoms with Crippen LogP contribution < -0.4 is 10.1 Å². The van der Waals surface area contributed by atoms with Crippen LogP contribution in [0.15, 0.2) is 30.3 Å². The molecule has 0 aliphatic carbocycles. The van der Waals surface area contributed by atoms with E-state index in [1.165, 1.54) is 5.69 Å². The largest absolute Gasteiger partial charge is 0.494 e. The number of nitrogens with zero attached hydrogens (tertiary/aromatic N) is 2. The Morgan fingerprint density at radius 2 is 1.95 bits per heavy atom. The summed E-state index contributed by atoms with van der Waals surface area (Å²) in [5.41, 5.74) is 3.41. The molecule has 0 unspecified atom stereocenters. The van der Waals surface area contributed by atoms with Gasteiger partial charge in [0.05, 0.1) is 24.5 Å². The maximum atomic E-state index is 5.57. The van der Waals surface area contributed by atoms with Crippen LogP contribution in [0, 0.1) is 0 Å². The summed E-state index contributed by atoms with van der Waals surface area (Å²) in [4.78, 5) is 0. The second-order valence-electron chi connectivity index (χ2n) is 4.83. The maximum absolute atomic E-state index is 5.57. The van der Waals surface area contributed by atoms with Crippen molar-refractivity contribution in [3.8, 4) is 5.75 Å². The summed E-state index contributed by atoms with van der Waals surface area (Å²) < 4.78 is 7.50. The van der Waals surface area contributed by atoms with Crippen LogP contribution in [0.5, 0.6) is 5.75 Å². The van der Waals surface area contributed by atoms with E-state index in [9.17, 15) is 0 Å². The Morgan fingerprint density at radius 3 is 2.55 bits per heavy atom. The summed E-state index contributed by atoms with van der Waals surface area (Å²) in [7, 11) is 1.98. The van der Waals surface area contributed by atoms with Gasteiger partial charge in [0, 0.05) is 12.7 Å². The molecule has 0 aliphatic heterocycles. The molecule has 4 heteroatoms. The third kappa shape index (κ3) is 3.76. The summed E-state index contributed by atoms with van der Waals surface area (Å²) in [6.07, 6.45) is 2.00. The van der Waals surface area contributed by atoms with Gasteiger partial charge in [-0.2, -0.15) is 5.10 Å². The first kappa shape index (κ1) is 14.4. The van der Waals surface area contributed by atoms with Crippen molar-refractivity contribution in [1.29, 1.82) is 0 Å². The van der Waals surface area contributed by atoms with Gasteiger partial charge in [0.1, 0.15) is 5.75 Å². The summed E-state index contributed by atoms with van der Waals surface area (Å²) in [5, 5.41) is 7.85. The minimum atomic E-state index is 0.765. The van der Waals surface area contributed by atoms with E-state index in [0.717, 1.165) is 43.1 Å². The number of rotatable bonds is 7. The maximum Gasteiger partial charge on any atom is 0.119 e. The van der Waals surface area contributed by atoms with Gasteiger partial charge < -0.3 is 10.1 Å². The first-order valence-corrected chi connectivity index (χ1v) is 7.21. The molecule has 4 nitrogen and oxygen atoms in total. The third-order valence-corrected chi connectivity index (χ3v) is 3.19. The molecule has 0 fully saturated rings. The third-order valence-electron chi connectivity index (χ3n) is 3.19. The number of benzene rings is 1. The van der Waals surface area contributed by atoms with Gasteiger partial charge in [0.2, 0.25) is 0 Å². The highest BCUT2D eigenvalue weighted by Gasteiger charge is 2.03. The molecule has 1 N–H and O–H groups in total. The molecule has 1 heterocycles. The van der Waals surface area contributed by atoms with Crippen LogP contribution in [0.3, 0.4) is 0 Å². The summed E-state index contributed by atoms with van der Waals surface area (Å²) >= 11 is 0. The predicted molar refractivity (Wildman–Crippen MR) is 82.1 cm³/mol. The second kappa shape index (κ2) is 6.98. The van der Waals surface area contributed by atoms with Crippen molar-refractivity contribution in [2.45, 2.75) is 33.2 Å². The van der Waals surface area contributed by atoms with Crippen molar-refractivity contribution in [1.82, 2.24) is 9.78 Å². The summed E-state index contributed by atoms with van der Waals surface area (Å²) in [6, 6.07) is 10.2. The molecular weight excluding hydrogens is 250 g/mol. The van der Waals surface area contributed by atoms with Crippen LogP contribution in [-0.2, 0) is 20.0 Å². The van der Waals surface area contributed by atoms with Gasteiger partial charge in [-0.25, -0.2) is 0 Å². The lowest BCUT2D eigenvalue weighted by Gasteiger charge is -2.08. The van der Waals surface area contributed by atoms with Gasteiger partial charge >= 0.3 is 0 Å². The van der Waals surface area contributed by atoms with Crippen molar-refractivity contribution >= 4 is 5.69 Å². The molecule has 2 aromatic rings. The van der Waals surface area contributed by atoms with Crippen molar-refractivity contribution in [3.63, 3.8) is 0 Å². The number of ether oxygens (including phenoxy) is 1. The molecule has 2 rings (SSSR count). The van der Waals surface area contributed by atoms with E-state index >= 15 is 0 Å². The minimum Gasteiger partial charge on any atom is -0.494 e. The Balaban J connectivity index is 1.91. The van der Waals surface area contributed by atoms with Crippen molar-refractivity contribution < 1.29 is 4.74 Å². The van der Waals surface area contributed by atoms with Gasteiger partial charge in [-0.3, -0.25) is 4.68 Å². The molecule has 0 radical (unpaired) electrons. The summed E-state index contributed by atoms with van der Waals surface area (Å²) in [6.45, 7) is 5.77. The number of aryl methyl sites for hydroxylation is 2. The van der Waals surface area contributed by atoms with Crippen LogP contribution in [0.1, 0.15) is 31.7 Å². The zero-order valence-electron chi connectivity index (χ0n) is 12.5. The van der Waals surface area contributed by atoms with Crippen molar-refractivity contribution in [2.75, 3.05) is 11.9 Å². The highest BCUT2D eigenvalue weighted by Crippen LogP contribution is 2.16. The molecular formula is C16H23N3O. The fraction of sp³-hybridized carbons (Fsp3) is 0.438. The van der Waals surface area contributed by atoms with E-state index in [4.69, 9.17) is 4.74 Å². The Bertz CT molecular complexity index is 531. The van der Waals surface area contributed by atoms with Gasteiger partial charge in [-0.05, 0) is 43.2 Å². The molecule has 0 spiro atoms. The minimum absolute atomic E-state index is 0.765. The fourth-order valence-electron chi connectivity index (χ4n) is 1.99. The smallest absolute Gasteiger partial charge is 0.119 e. The lowest BCUT2D eigenvalue weighted by Crippen LogP contribution is -2.05. The van der Waals surface area contributed by atoms with Crippen molar-refractivity contribution in [3.05, 3.63) is 41.7 Å². The number of hydrogen-bond donors (Lipinski definition) is 1. The van der Waals surface area contributed by atoms with E-state index < -0.39 is 0 Å². The van der Waals surface area contributed by atoms with Crippen LogP contribution in [-0.4, -0.2) is 16.4 Å². The molecule has 1 aromatic carbocycles. The Hall–Kier alpha value is -1.97. The van der Waals surface area contributed by atoms with Crippen LogP contribution in [0.25, 0.3) is 0 Å². The lowest BCUT2D eigenvalue weighted by molar-refractivity contribution is 0.317. The quantitative estimate of drug-likeness (QED) is 0.840. The first-order chi connectivity index (χ1) is 9.72. The fourth-order valence-corrected chi connectivity index (χ4v) is 1.99. The average Bonchev–Trinajstić information content (AvgIpc) is 2.84. The van der Waals surface area contributed by atoms with Crippen LogP contribution in [0.4, 0.5) is 5.69 Å². The van der Waals surface area contributed by atoms with Gasteiger partial charge in [-0.15, -0.1) is 0 Å². The topological polar surface area (TPSA) is 39.1 Å². The number of anilines is 1. The molecule has 0 bridgehead atoms. The number of hydrogen-bond acceptors (Lipinski definition) is 3. The lowest BCUT2D eigenvalue weighted by atomic mass is 10.2. The predicted octanol–water partition coefficient (Wildman–Crippen LogP) is 3.38. The van der Waals surface area contributed by atoms with Gasteiger partial charge in [0.25, 0.3) is 0 Å². The van der Waals surface area contributed by atoms with E-state index in [1.807, 2.05) is 36.0 Å². The standard InChI is InChI=1S/C16H23N3O/c1-4-10-20-16-8-6-14(7-9-16)17-12-15-11-13(5-2)18-19(15)3/h6-9,11,17H,4-5,10,12H2,1-3H3. The zero-order valence-corrected chi connectivity index (χ0v) is 12.5. The molecule has 0 saturated heterocycles. The molecule has 108 valence electrons. The Morgan fingerprint density at radius 1 is 1.20 bits per heavy atom. The molecule has 0 atom stereocenters. The second-order valence-corrected chi connectivity index (χ2v) is 4.83. The highest BCUT2D eigenvalue weighted by molar-refractivity contribution is 5.46. The SMILES string of the molecule is CCCOc1ccc(NCc2cc(CC)nn2C)cc1. The molecule has 0 aliphatic rings. The van der Waals surface area contributed by atoms with E-state index in [0.29, 0.717) is 0 Å². The molecule has 0 amide bonds. The molecule has 20 heavy (non-hydrogen) atoms. The first-order valence-electron chi connectivity index (χ1n) is 7.21. The molecule has 0 saturated carbocycles. The summed E-state index contributed by atoms with van der Waals surface area (Å²) in [5.74, 6) is 0.922. The monoisotopic (exact) mass is 273 g/mol. The van der Waals surface area contributed by atoms with Crippen molar-refractivity contribution in [2.24, 2.45) is 7.05 Å². The van der Waals surface area contributed by atoms with Crippen LogP contribution in [0.2, 0.25) is 0 Å². The van der Waals surface area contributed by atoms with Gasteiger partial charge in [0.15, 0.2) is 0 Å². The Kier molecular flexibility index (Phi) is 5.04. The molecule has 1 aromatic heterocycles. The normalized spacial score (nSPS) is 10.6. The number of aromatic nitrogens is 2. The van der Waals surface area contributed by atoms with E-state index in [-0.39, 0.29) is 0 Å². The van der Waals surface area contributed by atoms with Gasteiger partial charge in [-0.1, -0.05) is 13.8 Å². The van der Waals surface area contributed by atoms with E-state index in [2.05, 4.69) is 30.3 Å². The van der Waals surface area contributed by atoms with E-state index in [1.54, 1.807) is 0 Å². The van der Waals surface area contributed by atoms with Crippen LogP contribution >= 0.6 is 0 Å². The average molecular weight is 273 g/mol.